The minimum Gasteiger partial charge on any atom is -0.478 e. The van der Waals surface area contributed by atoms with E-state index >= 15 is 0 Å². The van der Waals surface area contributed by atoms with Crippen molar-refractivity contribution in [2.45, 2.75) is 39.2 Å². The van der Waals surface area contributed by atoms with Gasteiger partial charge in [-0.25, -0.2) is 4.79 Å². The van der Waals surface area contributed by atoms with Gasteiger partial charge >= 0.3 is 5.97 Å². The SMILES string of the molecule is CC(C)CCC(C)(Oc1cccc(C=O)c1)C(=O)O. The maximum absolute atomic E-state index is 11.4. The lowest BCUT2D eigenvalue weighted by molar-refractivity contribution is -0.154. The molecule has 0 aliphatic rings. The Morgan fingerprint density at radius 3 is 2.68 bits per heavy atom. The number of carbonyl (C=O) groups excluding carboxylic acids is 1. The summed E-state index contributed by atoms with van der Waals surface area (Å²) in [5.41, 5.74) is -0.805. The molecule has 0 heterocycles. The minimum absolute atomic E-state index is 0.401. The second-order valence-corrected chi connectivity index (χ2v) is 5.26. The van der Waals surface area contributed by atoms with Crippen LogP contribution in [0.2, 0.25) is 0 Å². The molecular formula is C15H20O4. The number of carboxylic acid groups (broad SMARTS) is 1. The Kier molecular flexibility index (Phi) is 5.10. The molecular weight excluding hydrogens is 244 g/mol. The molecule has 0 fully saturated rings. The highest BCUT2D eigenvalue weighted by Crippen LogP contribution is 2.25. The van der Waals surface area contributed by atoms with Crippen molar-refractivity contribution >= 4 is 12.3 Å². The third kappa shape index (κ3) is 4.39. The van der Waals surface area contributed by atoms with Gasteiger partial charge in [0.05, 0.1) is 0 Å². The summed E-state index contributed by atoms with van der Waals surface area (Å²) in [4.78, 5) is 22.1. The number of hydrogen-bond donors (Lipinski definition) is 1. The van der Waals surface area contributed by atoms with Crippen LogP contribution in [0.1, 0.15) is 44.0 Å². The van der Waals surface area contributed by atoms with Crippen LogP contribution in [0.15, 0.2) is 24.3 Å². The molecule has 0 amide bonds. The fourth-order valence-electron chi connectivity index (χ4n) is 1.68. The zero-order valence-corrected chi connectivity index (χ0v) is 11.6. The van der Waals surface area contributed by atoms with E-state index in [2.05, 4.69) is 0 Å². The van der Waals surface area contributed by atoms with Crippen molar-refractivity contribution in [2.24, 2.45) is 5.92 Å². The number of rotatable bonds is 7. The molecule has 0 aliphatic heterocycles. The quantitative estimate of drug-likeness (QED) is 0.768. The maximum Gasteiger partial charge on any atom is 0.347 e. The Balaban J connectivity index is 2.88. The summed E-state index contributed by atoms with van der Waals surface area (Å²) in [6, 6.07) is 6.52. The number of hydrogen-bond acceptors (Lipinski definition) is 3. The van der Waals surface area contributed by atoms with E-state index in [0.717, 1.165) is 6.42 Å². The summed E-state index contributed by atoms with van der Waals surface area (Å²) in [7, 11) is 0. The minimum atomic E-state index is -1.27. The topological polar surface area (TPSA) is 63.6 Å². The van der Waals surface area contributed by atoms with Crippen LogP contribution in [0.4, 0.5) is 0 Å². The average molecular weight is 264 g/mol. The van der Waals surface area contributed by atoms with Gasteiger partial charge < -0.3 is 9.84 Å². The van der Waals surface area contributed by atoms with Crippen LogP contribution in [0.5, 0.6) is 5.75 Å². The third-order valence-corrected chi connectivity index (χ3v) is 2.99. The van der Waals surface area contributed by atoms with E-state index in [1.165, 1.54) is 0 Å². The van der Waals surface area contributed by atoms with Crippen molar-refractivity contribution in [1.82, 2.24) is 0 Å². The molecule has 1 rings (SSSR count). The van der Waals surface area contributed by atoms with E-state index in [-0.39, 0.29) is 0 Å². The molecule has 19 heavy (non-hydrogen) atoms. The number of benzene rings is 1. The first kappa shape index (κ1) is 15.2. The molecule has 1 unspecified atom stereocenters. The van der Waals surface area contributed by atoms with Crippen molar-refractivity contribution < 1.29 is 19.4 Å². The van der Waals surface area contributed by atoms with Crippen LogP contribution < -0.4 is 4.74 Å². The highest BCUT2D eigenvalue weighted by molar-refractivity contribution is 5.78. The van der Waals surface area contributed by atoms with Crippen LogP contribution in [0.25, 0.3) is 0 Å². The molecule has 1 N–H and O–H groups in total. The van der Waals surface area contributed by atoms with Crippen LogP contribution in [-0.4, -0.2) is 23.0 Å². The van der Waals surface area contributed by atoms with Crippen molar-refractivity contribution in [3.8, 4) is 5.75 Å². The van der Waals surface area contributed by atoms with E-state index in [9.17, 15) is 14.7 Å². The Morgan fingerprint density at radius 2 is 2.16 bits per heavy atom. The molecule has 4 nitrogen and oxygen atoms in total. The lowest BCUT2D eigenvalue weighted by atomic mass is 9.95. The summed E-state index contributed by atoms with van der Waals surface area (Å²) in [6.07, 6.45) is 1.89. The standard InChI is InChI=1S/C15H20O4/c1-11(2)7-8-15(3,14(17)18)19-13-6-4-5-12(9-13)10-16/h4-6,9-11H,7-8H2,1-3H3,(H,17,18). The molecule has 0 aromatic heterocycles. The van der Waals surface area contributed by atoms with Crippen LogP contribution in [0.3, 0.4) is 0 Å². The van der Waals surface area contributed by atoms with Gasteiger partial charge in [0.25, 0.3) is 0 Å². The van der Waals surface area contributed by atoms with Gasteiger partial charge in [-0.1, -0.05) is 26.0 Å². The van der Waals surface area contributed by atoms with Crippen molar-refractivity contribution in [3.05, 3.63) is 29.8 Å². The fraction of sp³-hybridized carbons (Fsp3) is 0.467. The van der Waals surface area contributed by atoms with E-state index < -0.39 is 11.6 Å². The Bertz CT molecular complexity index is 453. The number of carbonyl (C=O) groups is 2. The van der Waals surface area contributed by atoms with E-state index in [4.69, 9.17) is 4.74 Å². The molecule has 1 aromatic carbocycles. The Morgan fingerprint density at radius 1 is 1.47 bits per heavy atom. The smallest absolute Gasteiger partial charge is 0.347 e. The van der Waals surface area contributed by atoms with E-state index in [1.54, 1.807) is 31.2 Å². The molecule has 0 aliphatic carbocycles. The van der Waals surface area contributed by atoms with Gasteiger partial charge in [0.1, 0.15) is 12.0 Å². The van der Waals surface area contributed by atoms with Crippen LogP contribution >= 0.6 is 0 Å². The van der Waals surface area contributed by atoms with Gasteiger partial charge in [-0.3, -0.25) is 4.79 Å². The van der Waals surface area contributed by atoms with Crippen molar-refractivity contribution in [2.75, 3.05) is 0 Å². The summed E-state index contributed by atoms with van der Waals surface area (Å²) in [5.74, 6) is -0.188. The molecule has 4 heteroatoms. The number of aliphatic carboxylic acids is 1. The summed E-state index contributed by atoms with van der Waals surface area (Å²) < 4.78 is 5.60. The predicted molar refractivity (Wildman–Crippen MR) is 72.6 cm³/mol. The first-order chi connectivity index (χ1) is 8.87. The first-order valence-electron chi connectivity index (χ1n) is 6.35. The molecule has 0 spiro atoms. The average Bonchev–Trinajstić information content (AvgIpc) is 2.36. The van der Waals surface area contributed by atoms with Crippen LogP contribution in [-0.2, 0) is 4.79 Å². The summed E-state index contributed by atoms with van der Waals surface area (Å²) in [6.45, 7) is 5.63. The zero-order valence-electron chi connectivity index (χ0n) is 11.6. The number of aldehydes is 1. The zero-order chi connectivity index (χ0) is 14.5. The third-order valence-electron chi connectivity index (χ3n) is 2.99. The monoisotopic (exact) mass is 264 g/mol. The normalized spacial score (nSPS) is 13.9. The largest absolute Gasteiger partial charge is 0.478 e. The number of carboxylic acids is 1. The van der Waals surface area contributed by atoms with Gasteiger partial charge in [-0.05, 0) is 37.8 Å². The molecule has 0 radical (unpaired) electrons. The van der Waals surface area contributed by atoms with Gasteiger partial charge in [-0.2, -0.15) is 0 Å². The van der Waals surface area contributed by atoms with Gasteiger partial charge in [-0.15, -0.1) is 0 Å². The fourth-order valence-corrected chi connectivity index (χ4v) is 1.68. The van der Waals surface area contributed by atoms with E-state index in [1.807, 2.05) is 13.8 Å². The lowest BCUT2D eigenvalue weighted by Gasteiger charge is -2.27. The molecule has 1 atom stereocenters. The van der Waals surface area contributed by atoms with Crippen LogP contribution in [0, 0.1) is 5.92 Å². The first-order valence-corrected chi connectivity index (χ1v) is 6.35. The van der Waals surface area contributed by atoms with Gasteiger partial charge in [0.2, 0.25) is 5.60 Å². The molecule has 0 saturated heterocycles. The van der Waals surface area contributed by atoms with Crippen molar-refractivity contribution in [1.29, 1.82) is 0 Å². The second-order valence-electron chi connectivity index (χ2n) is 5.26. The molecule has 1 aromatic rings. The predicted octanol–water partition coefficient (Wildman–Crippen LogP) is 3.16. The second kappa shape index (κ2) is 6.36. The highest BCUT2D eigenvalue weighted by atomic mass is 16.5. The Hall–Kier alpha value is -1.84. The van der Waals surface area contributed by atoms with Crippen molar-refractivity contribution in [3.63, 3.8) is 0 Å². The highest BCUT2D eigenvalue weighted by Gasteiger charge is 2.35. The summed E-state index contributed by atoms with van der Waals surface area (Å²) >= 11 is 0. The molecule has 0 bridgehead atoms. The van der Waals surface area contributed by atoms with Gasteiger partial charge in [0, 0.05) is 5.56 Å². The van der Waals surface area contributed by atoms with E-state index in [0.29, 0.717) is 29.9 Å². The summed E-state index contributed by atoms with van der Waals surface area (Å²) in [5, 5.41) is 9.34. The lowest BCUT2D eigenvalue weighted by Crippen LogP contribution is -2.41. The molecule has 0 saturated carbocycles. The Labute approximate surface area is 113 Å². The number of ether oxygens (including phenoxy) is 1. The maximum atomic E-state index is 11.4. The van der Waals surface area contributed by atoms with Gasteiger partial charge in [0.15, 0.2) is 0 Å². The molecule has 104 valence electrons.